The summed E-state index contributed by atoms with van der Waals surface area (Å²) in [5.74, 6) is -0.637. The minimum absolute atomic E-state index is 0.140. The molecule has 1 aliphatic heterocycles. The Morgan fingerprint density at radius 3 is 3.11 bits per heavy atom. The van der Waals surface area contributed by atoms with Crippen LogP contribution in [0, 0.1) is 11.1 Å². The number of aromatic nitrogens is 1. The van der Waals surface area contributed by atoms with Crippen LogP contribution in [0.5, 0.6) is 11.5 Å². The van der Waals surface area contributed by atoms with Gasteiger partial charge in [-0.25, -0.2) is 0 Å². The molecule has 2 heterocycles. The van der Waals surface area contributed by atoms with E-state index >= 15 is 0 Å². The van der Waals surface area contributed by atoms with Crippen LogP contribution in [0.25, 0.3) is 0 Å². The van der Waals surface area contributed by atoms with Gasteiger partial charge in [0.15, 0.2) is 17.2 Å². The van der Waals surface area contributed by atoms with Crippen LogP contribution in [-0.2, 0) is 0 Å². The van der Waals surface area contributed by atoms with Crippen molar-refractivity contribution in [1.29, 1.82) is 0 Å². The average molecular weight is 262 g/mol. The van der Waals surface area contributed by atoms with Crippen molar-refractivity contribution in [3.8, 4) is 11.5 Å². The number of fused-ring (bicyclic) bond motifs is 2. The molecule has 2 aliphatic rings. The van der Waals surface area contributed by atoms with Gasteiger partial charge in [-0.3, -0.25) is 9.36 Å². The highest BCUT2D eigenvalue weighted by Crippen LogP contribution is 2.36. The van der Waals surface area contributed by atoms with Crippen LogP contribution in [0.4, 0.5) is 0 Å². The van der Waals surface area contributed by atoms with Crippen molar-refractivity contribution < 1.29 is 19.4 Å². The Hall–Kier alpha value is -2.24. The highest BCUT2D eigenvalue weighted by Gasteiger charge is 2.37. The predicted molar refractivity (Wildman–Crippen MR) is 67.5 cm³/mol. The molecule has 0 unspecified atom stereocenters. The van der Waals surface area contributed by atoms with Crippen LogP contribution >= 0.6 is 0 Å². The first-order chi connectivity index (χ1) is 9.13. The van der Waals surface area contributed by atoms with Gasteiger partial charge in [-0.2, -0.15) is 4.74 Å². The zero-order valence-electron chi connectivity index (χ0n) is 10.5. The molecule has 0 fully saturated rings. The average Bonchev–Trinajstić information content (AvgIpc) is 2.69. The maximum Gasteiger partial charge on any atom is 0.245 e. The van der Waals surface area contributed by atoms with Crippen LogP contribution < -0.4 is 4.74 Å². The highest BCUT2D eigenvalue weighted by atomic mass is 16.5. The van der Waals surface area contributed by atoms with Crippen LogP contribution in [0.1, 0.15) is 29.8 Å². The Morgan fingerprint density at radius 1 is 1.58 bits per heavy atom. The first-order valence-electron chi connectivity index (χ1n) is 6.17. The molecule has 6 nitrogen and oxygen atoms in total. The Morgan fingerprint density at radius 2 is 2.37 bits per heavy atom. The molecule has 0 aromatic carbocycles. The lowest BCUT2D eigenvalue weighted by atomic mass is 9.91. The van der Waals surface area contributed by atoms with Gasteiger partial charge in [0.05, 0.1) is 13.3 Å². The lowest BCUT2D eigenvalue weighted by Crippen LogP contribution is -2.26. The molecule has 1 aromatic rings. The maximum absolute atomic E-state index is 12.5. The molecule has 0 spiro atoms. The van der Waals surface area contributed by atoms with Gasteiger partial charge >= 0.3 is 0 Å². The summed E-state index contributed by atoms with van der Waals surface area (Å²) in [6.07, 6.45) is 6.74. The van der Waals surface area contributed by atoms with E-state index in [0.29, 0.717) is 16.9 Å². The van der Waals surface area contributed by atoms with Gasteiger partial charge in [-0.05, 0) is 25.3 Å². The Labute approximate surface area is 109 Å². The maximum atomic E-state index is 12.5. The number of hydrogen-bond donors (Lipinski definition) is 1. The number of carbonyl (C=O) groups is 1. The summed E-state index contributed by atoms with van der Waals surface area (Å²) in [5.41, 5.74) is 0.775. The number of ether oxygens (including phenoxy) is 1. The standard InChI is InChI=1S/C13H14N2O4/c1-19-12-10-6-15(18)9-5-3-2-4-8(9)13(17)14(10)7-11(12)16/h5-8,16H,2-4H2,1H3/t8-/m0/s1. The zero-order valence-corrected chi connectivity index (χ0v) is 10.5. The number of carbonyl (C=O) groups excluding carboxylic acids is 1. The molecule has 3 rings (SSSR count). The fraction of sp³-hybridized carbons (Fsp3) is 0.385. The third-order valence-corrected chi connectivity index (χ3v) is 3.62. The molecule has 0 amide bonds. The van der Waals surface area contributed by atoms with Gasteiger partial charge in [0.2, 0.25) is 17.8 Å². The van der Waals surface area contributed by atoms with E-state index in [1.165, 1.54) is 24.1 Å². The molecule has 0 saturated heterocycles. The van der Waals surface area contributed by atoms with Gasteiger partial charge in [0.1, 0.15) is 5.92 Å². The van der Waals surface area contributed by atoms with Crippen LogP contribution in [0.3, 0.4) is 0 Å². The summed E-state index contributed by atoms with van der Waals surface area (Å²) >= 11 is 0. The van der Waals surface area contributed by atoms with E-state index in [4.69, 9.17) is 4.74 Å². The number of methoxy groups -OCH3 is 1. The van der Waals surface area contributed by atoms with E-state index in [-0.39, 0.29) is 23.1 Å². The van der Waals surface area contributed by atoms with Crippen molar-refractivity contribution in [2.75, 3.05) is 7.11 Å². The molecule has 0 bridgehead atoms. The number of aromatic hydroxyl groups is 1. The van der Waals surface area contributed by atoms with Crippen molar-refractivity contribution in [3.63, 3.8) is 0 Å². The van der Waals surface area contributed by atoms with Crippen molar-refractivity contribution in [2.45, 2.75) is 19.3 Å². The molecule has 6 heteroatoms. The quantitative estimate of drug-likeness (QED) is 0.614. The summed E-state index contributed by atoms with van der Waals surface area (Å²) in [7, 11) is 1.39. The monoisotopic (exact) mass is 262 g/mol. The van der Waals surface area contributed by atoms with Gasteiger partial charge < -0.3 is 15.1 Å². The predicted octanol–water partition coefficient (Wildman–Crippen LogP) is 1.47. The molecule has 1 atom stereocenters. The molecular weight excluding hydrogens is 248 g/mol. The second kappa shape index (κ2) is 4.15. The summed E-state index contributed by atoms with van der Waals surface area (Å²) in [6, 6.07) is 0. The van der Waals surface area contributed by atoms with E-state index < -0.39 is 5.92 Å². The third kappa shape index (κ3) is 1.63. The Balaban J connectivity index is 2.23. The second-order valence-electron chi connectivity index (χ2n) is 4.71. The first kappa shape index (κ1) is 11.8. The fourth-order valence-corrected chi connectivity index (χ4v) is 2.71. The summed E-state index contributed by atoms with van der Waals surface area (Å²) < 4.78 is 7.06. The summed E-state index contributed by atoms with van der Waals surface area (Å²) in [5, 5.41) is 21.9. The van der Waals surface area contributed by atoms with Gasteiger partial charge in [-0.1, -0.05) is 0 Å². The van der Waals surface area contributed by atoms with Crippen molar-refractivity contribution in [3.05, 3.63) is 28.9 Å². The fourth-order valence-electron chi connectivity index (χ4n) is 2.71. The van der Waals surface area contributed by atoms with E-state index in [0.717, 1.165) is 12.8 Å². The van der Waals surface area contributed by atoms with Crippen LogP contribution in [-0.4, -0.2) is 33.6 Å². The van der Waals surface area contributed by atoms with Crippen LogP contribution in [0.2, 0.25) is 0 Å². The second-order valence-corrected chi connectivity index (χ2v) is 4.71. The number of hydrogen-bond acceptors (Lipinski definition) is 4. The molecule has 100 valence electrons. The molecule has 0 saturated carbocycles. The van der Waals surface area contributed by atoms with Crippen molar-refractivity contribution in [2.24, 2.45) is 5.92 Å². The Bertz CT molecular complexity index is 612. The molecule has 19 heavy (non-hydrogen) atoms. The Kier molecular flexibility index (Phi) is 2.58. The molecule has 1 N–H and O–H groups in total. The number of hydroxylamine groups is 1. The van der Waals surface area contributed by atoms with Gasteiger partial charge in [-0.15, -0.1) is 0 Å². The minimum Gasteiger partial charge on any atom is -0.618 e. The number of nitrogens with zero attached hydrogens (tertiary/aromatic N) is 2. The molecule has 1 aromatic heterocycles. The summed E-state index contributed by atoms with van der Waals surface area (Å²) in [6.45, 7) is 0. The van der Waals surface area contributed by atoms with E-state index in [9.17, 15) is 15.1 Å². The van der Waals surface area contributed by atoms with Crippen LogP contribution in [0.15, 0.2) is 18.0 Å². The molecular formula is C13H14N2O4. The first-order valence-corrected chi connectivity index (χ1v) is 6.17. The largest absolute Gasteiger partial charge is 0.618 e. The van der Waals surface area contributed by atoms with Crippen molar-refractivity contribution >= 4 is 12.1 Å². The van der Waals surface area contributed by atoms with Gasteiger partial charge in [0, 0.05) is 0 Å². The molecule has 1 aliphatic carbocycles. The lowest BCUT2D eigenvalue weighted by molar-refractivity contribution is -0.403. The summed E-state index contributed by atoms with van der Waals surface area (Å²) in [4.78, 5) is 12.5. The minimum atomic E-state index is -0.444. The normalized spacial score (nSPS) is 21.9. The SMILES string of the molecule is COc1c(O)cn2c1C=[N+]([O-])C1=CCCC[C@@H]1C2=O. The number of rotatable bonds is 1. The number of allylic oxidation sites excluding steroid dienone is 2. The smallest absolute Gasteiger partial charge is 0.245 e. The highest BCUT2D eigenvalue weighted by molar-refractivity contribution is 5.94. The van der Waals surface area contributed by atoms with Crippen molar-refractivity contribution in [1.82, 2.24) is 4.57 Å². The molecule has 0 radical (unpaired) electrons. The van der Waals surface area contributed by atoms with E-state index in [2.05, 4.69) is 0 Å². The topological polar surface area (TPSA) is 77.5 Å². The van der Waals surface area contributed by atoms with E-state index in [1.54, 1.807) is 0 Å². The van der Waals surface area contributed by atoms with E-state index in [1.807, 2.05) is 6.08 Å². The lowest BCUT2D eigenvalue weighted by Gasteiger charge is -2.18. The van der Waals surface area contributed by atoms with Gasteiger partial charge in [0.25, 0.3) is 0 Å². The third-order valence-electron chi connectivity index (χ3n) is 3.62. The zero-order chi connectivity index (χ0) is 13.6.